The third-order valence-corrected chi connectivity index (χ3v) is 5.72. The topological polar surface area (TPSA) is 66.5 Å². The normalized spacial score (nSPS) is 12.4. The van der Waals surface area contributed by atoms with Gasteiger partial charge < -0.3 is 5.32 Å². The fourth-order valence-corrected chi connectivity index (χ4v) is 3.68. The van der Waals surface area contributed by atoms with Gasteiger partial charge in [-0.05, 0) is 62.4 Å². The smallest absolute Gasteiger partial charge is 0.240 e. The first-order chi connectivity index (χ1) is 12.7. The third-order valence-electron chi connectivity index (χ3n) is 4.58. The van der Waals surface area contributed by atoms with Crippen LogP contribution in [-0.2, 0) is 21.2 Å². The average molecular weight is 389 g/mol. The fraction of sp³-hybridized carbons (Fsp3) is 0.381. The number of carbonyl (C=O) groups is 1. The van der Waals surface area contributed by atoms with E-state index < -0.39 is 10.0 Å². The summed E-state index contributed by atoms with van der Waals surface area (Å²) >= 11 is 0. The number of anilines is 1. The minimum Gasteiger partial charge on any atom is -0.352 e. The molecule has 0 unspecified atom stereocenters. The van der Waals surface area contributed by atoms with Crippen LogP contribution in [0.5, 0.6) is 0 Å². The van der Waals surface area contributed by atoms with E-state index in [9.17, 15) is 13.2 Å². The monoisotopic (exact) mass is 388 g/mol. The summed E-state index contributed by atoms with van der Waals surface area (Å²) in [5, 5.41) is 2.90. The fourth-order valence-electron chi connectivity index (χ4n) is 2.83. The Hall–Kier alpha value is -2.34. The molecule has 0 heterocycles. The molecular weight excluding hydrogens is 360 g/mol. The summed E-state index contributed by atoms with van der Waals surface area (Å²) in [6.07, 6.45) is 2.77. The predicted molar refractivity (Wildman–Crippen MR) is 110 cm³/mol. The molecular formula is C21H28N2O3S. The molecule has 6 heteroatoms. The van der Waals surface area contributed by atoms with Gasteiger partial charge in [-0.1, -0.05) is 36.4 Å². The van der Waals surface area contributed by atoms with E-state index in [0.717, 1.165) is 34.5 Å². The number of nitrogens with zero attached hydrogens (tertiary/aromatic N) is 1. The largest absolute Gasteiger partial charge is 0.352 e. The minimum atomic E-state index is -3.56. The highest BCUT2D eigenvalue weighted by Crippen LogP contribution is 2.21. The van der Waals surface area contributed by atoms with Gasteiger partial charge >= 0.3 is 0 Å². The van der Waals surface area contributed by atoms with Crippen molar-refractivity contribution in [1.29, 1.82) is 0 Å². The van der Waals surface area contributed by atoms with Crippen molar-refractivity contribution in [3.8, 4) is 0 Å². The molecule has 1 amide bonds. The van der Waals surface area contributed by atoms with Crippen LogP contribution in [0.25, 0.3) is 0 Å². The van der Waals surface area contributed by atoms with Gasteiger partial charge in [-0.15, -0.1) is 0 Å². The zero-order valence-corrected chi connectivity index (χ0v) is 17.2. The predicted octanol–water partition coefficient (Wildman–Crippen LogP) is 3.21. The van der Waals surface area contributed by atoms with Crippen molar-refractivity contribution in [3.63, 3.8) is 0 Å². The first kappa shape index (κ1) is 21.0. The minimum absolute atomic E-state index is 0.0427. The number of nitrogens with one attached hydrogen (secondary N) is 1. The van der Waals surface area contributed by atoms with Crippen molar-refractivity contribution in [2.45, 2.75) is 39.7 Å². The molecule has 1 N–H and O–H groups in total. The van der Waals surface area contributed by atoms with Gasteiger partial charge in [0.1, 0.15) is 6.54 Å². The maximum Gasteiger partial charge on any atom is 0.240 e. The Balaban J connectivity index is 2.00. The van der Waals surface area contributed by atoms with Crippen molar-refractivity contribution in [3.05, 3.63) is 65.2 Å². The zero-order chi connectivity index (χ0) is 20.0. The van der Waals surface area contributed by atoms with Gasteiger partial charge in [-0.3, -0.25) is 9.10 Å². The van der Waals surface area contributed by atoms with E-state index in [-0.39, 0.29) is 18.5 Å². The van der Waals surface area contributed by atoms with Crippen LogP contribution >= 0.6 is 0 Å². The zero-order valence-electron chi connectivity index (χ0n) is 16.4. The van der Waals surface area contributed by atoms with Crippen LogP contribution in [0.1, 0.15) is 30.0 Å². The summed E-state index contributed by atoms with van der Waals surface area (Å²) in [5.74, 6) is -0.306. The summed E-state index contributed by atoms with van der Waals surface area (Å²) in [7, 11) is -3.56. The van der Waals surface area contributed by atoms with Crippen LogP contribution in [0, 0.1) is 13.8 Å². The molecule has 0 saturated carbocycles. The lowest BCUT2D eigenvalue weighted by Crippen LogP contribution is -2.43. The van der Waals surface area contributed by atoms with E-state index in [1.807, 2.05) is 45.0 Å². The van der Waals surface area contributed by atoms with Crippen LogP contribution in [-0.4, -0.2) is 33.2 Å². The summed E-state index contributed by atoms with van der Waals surface area (Å²) in [6.45, 7) is 5.59. The number of benzene rings is 2. The summed E-state index contributed by atoms with van der Waals surface area (Å²) in [4.78, 5) is 12.4. The quantitative estimate of drug-likeness (QED) is 0.755. The number of hydrogen-bond donors (Lipinski definition) is 1. The number of rotatable bonds is 8. The number of carbonyl (C=O) groups excluding carboxylic acids is 1. The molecule has 0 spiro atoms. The Morgan fingerprint density at radius 1 is 1.07 bits per heavy atom. The first-order valence-corrected chi connectivity index (χ1v) is 10.9. The molecule has 2 rings (SSSR count). The van der Waals surface area contributed by atoms with Gasteiger partial charge in [0.2, 0.25) is 15.9 Å². The van der Waals surface area contributed by atoms with E-state index in [1.165, 1.54) is 5.56 Å². The molecule has 2 aromatic carbocycles. The molecule has 0 aliphatic carbocycles. The molecule has 0 aliphatic heterocycles. The second-order valence-corrected chi connectivity index (χ2v) is 8.94. The van der Waals surface area contributed by atoms with Crippen molar-refractivity contribution < 1.29 is 13.2 Å². The van der Waals surface area contributed by atoms with Crippen molar-refractivity contribution >= 4 is 21.6 Å². The highest BCUT2D eigenvalue weighted by molar-refractivity contribution is 7.92. The van der Waals surface area contributed by atoms with Crippen LogP contribution in [0.15, 0.2) is 48.5 Å². The lowest BCUT2D eigenvalue weighted by atomic mass is 10.1. The molecule has 146 valence electrons. The molecule has 0 bridgehead atoms. The molecule has 1 atom stereocenters. The number of hydrogen-bond acceptors (Lipinski definition) is 3. The van der Waals surface area contributed by atoms with Gasteiger partial charge in [0, 0.05) is 6.04 Å². The van der Waals surface area contributed by atoms with Gasteiger partial charge in [0.15, 0.2) is 0 Å². The Labute approximate surface area is 162 Å². The highest BCUT2D eigenvalue weighted by atomic mass is 32.2. The van der Waals surface area contributed by atoms with Crippen molar-refractivity contribution in [2.75, 3.05) is 17.1 Å². The second kappa shape index (κ2) is 9.04. The third kappa shape index (κ3) is 6.40. The van der Waals surface area contributed by atoms with E-state index in [4.69, 9.17) is 0 Å². The Bertz CT molecular complexity index is 880. The van der Waals surface area contributed by atoms with E-state index >= 15 is 0 Å². The maximum absolute atomic E-state index is 12.4. The van der Waals surface area contributed by atoms with Crippen LogP contribution < -0.4 is 9.62 Å². The van der Waals surface area contributed by atoms with Crippen molar-refractivity contribution in [1.82, 2.24) is 5.32 Å². The summed E-state index contributed by atoms with van der Waals surface area (Å²) < 4.78 is 25.6. The lowest BCUT2D eigenvalue weighted by molar-refractivity contribution is -0.120. The van der Waals surface area contributed by atoms with Crippen LogP contribution in [0.2, 0.25) is 0 Å². The average Bonchev–Trinajstić information content (AvgIpc) is 2.60. The number of sulfonamides is 1. The standard InChI is InChI=1S/C21H28N2O3S/c1-16-10-13-20(14-17(16)2)23(27(4,25)26)15-21(24)22-18(3)11-12-19-8-6-5-7-9-19/h5-10,13-14,18H,11-12,15H2,1-4H3,(H,22,24)/t18-/m1/s1. The molecule has 2 aromatic rings. The van der Waals surface area contributed by atoms with Gasteiger partial charge in [-0.2, -0.15) is 0 Å². The Kier molecular flexibility index (Phi) is 7.02. The molecule has 0 aromatic heterocycles. The molecule has 0 aliphatic rings. The van der Waals surface area contributed by atoms with Gasteiger partial charge in [0.25, 0.3) is 0 Å². The van der Waals surface area contributed by atoms with Crippen LogP contribution in [0.3, 0.4) is 0 Å². The summed E-state index contributed by atoms with van der Waals surface area (Å²) in [6, 6.07) is 15.4. The van der Waals surface area contributed by atoms with Gasteiger partial charge in [-0.25, -0.2) is 8.42 Å². The Morgan fingerprint density at radius 3 is 2.33 bits per heavy atom. The lowest BCUT2D eigenvalue weighted by Gasteiger charge is -2.24. The van der Waals surface area contributed by atoms with Gasteiger partial charge in [0.05, 0.1) is 11.9 Å². The molecule has 0 saturated heterocycles. The highest BCUT2D eigenvalue weighted by Gasteiger charge is 2.22. The molecule has 27 heavy (non-hydrogen) atoms. The molecule has 0 radical (unpaired) electrons. The second-order valence-electron chi connectivity index (χ2n) is 7.03. The summed E-state index contributed by atoms with van der Waals surface area (Å²) in [5.41, 5.74) is 3.78. The SMILES string of the molecule is Cc1ccc(N(CC(=O)N[C@H](C)CCc2ccccc2)S(C)(=O)=O)cc1C. The van der Waals surface area contributed by atoms with E-state index in [2.05, 4.69) is 17.4 Å². The maximum atomic E-state index is 12.4. The molecule has 0 fully saturated rings. The number of aryl methyl sites for hydroxylation is 3. The Morgan fingerprint density at radius 2 is 1.74 bits per heavy atom. The molecule has 5 nitrogen and oxygen atoms in total. The first-order valence-electron chi connectivity index (χ1n) is 9.05. The van der Waals surface area contributed by atoms with E-state index in [0.29, 0.717) is 5.69 Å². The number of amides is 1. The van der Waals surface area contributed by atoms with E-state index in [1.54, 1.807) is 12.1 Å². The van der Waals surface area contributed by atoms with Crippen LogP contribution in [0.4, 0.5) is 5.69 Å². The van der Waals surface area contributed by atoms with Crippen molar-refractivity contribution in [2.24, 2.45) is 0 Å².